The van der Waals surface area contributed by atoms with Gasteiger partial charge in [-0.2, -0.15) is 0 Å². The number of nitrogens with one attached hydrogen (secondary N) is 1. The topological polar surface area (TPSA) is 41.6 Å². The van der Waals surface area contributed by atoms with Gasteiger partial charge in [0.05, 0.1) is 0 Å². The van der Waals surface area contributed by atoms with Crippen molar-refractivity contribution in [1.82, 2.24) is 10.2 Å². The molecular weight excluding hydrogens is 288 g/mol. The fourth-order valence-electron chi connectivity index (χ4n) is 4.09. The first-order valence-electron chi connectivity index (χ1n) is 8.32. The fraction of sp³-hybridized carbons (Fsp3) is 0.938. The predicted octanol–water partition coefficient (Wildman–Crippen LogP) is 2.36. The maximum absolute atomic E-state index is 12.4. The van der Waals surface area contributed by atoms with E-state index in [0.717, 1.165) is 51.7 Å². The van der Waals surface area contributed by atoms with Crippen LogP contribution in [0.2, 0.25) is 0 Å². The van der Waals surface area contributed by atoms with Crippen LogP contribution in [-0.4, -0.2) is 49.2 Å². The number of carbonyl (C=O) groups is 1. The molecule has 4 nitrogen and oxygen atoms in total. The molecule has 0 saturated carbocycles. The Morgan fingerprint density at radius 2 is 1.76 bits per heavy atom. The van der Waals surface area contributed by atoms with E-state index in [1.54, 1.807) is 0 Å². The van der Waals surface area contributed by atoms with E-state index in [-0.39, 0.29) is 12.4 Å². The van der Waals surface area contributed by atoms with Gasteiger partial charge in [0.15, 0.2) is 0 Å². The fourth-order valence-corrected chi connectivity index (χ4v) is 4.09. The van der Waals surface area contributed by atoms with E-state index in [1.165, 1.54) is 12.8 Å². The third-order valence-corrected chi connectivity index (χ3v) is 5.50. The Labute approximate surface area is 134 Å². The van der Waals surface area contributed by atoms with E-state index in [0.29, 0.717) is 30.0 Å². The molecule has 3 rings (SSSR count). The number of rotatable bonds is 4. The number of ether oxygens (including phenoxy) is 1. The van der Waals surface area contributed by atoms with Crippen molar-refractivity contribution >= 4 is 18.3 Å². The van der Waals surface area contributed by atoms with Gasteiger partial charge >= 0.3 is 0 Å². The highest BCUT2D eigenvalue weighted by Crippen LogP contribution is 2.30. The second kappa shape index (κ2) is 7.80. The van der Waals surface area contributed by atoms with Crippen molar-refractivity contribution in [2.45, 2.75) is 69.5 Å². The average Bonchev–Trinajstić information content (AvgIpc) is 2.83. The third kappa shape index (κ3) is 4.33. The van der Waals surface area contributed by atoms with Crippen LogP contribution in [0.3, 0.4) is 0 Å². The lowest BCUT2D eigenvalue weighted by molar-refractivity contribution is -0.133. The largest absolute Gasteiger partial charge is 0.381 e. The lowest BCUT2D eigenvalue weighted by Crippen LogP contribution is -2.48. The zero-order chi connectivity index (χ0) is 13.9. The average molecular weight is 317 g/mol. The van der Waals surface area contributed by atoms with Gasteiger partial charge in [-0.1, -0.05) is 0 Å². The van der Waals surface area contributed by atoms with Gasteiger partial charge in [-0.25, -0.2) is 0 Å². The summed E-state index contributed by atoms with van der Waals surface area (Å²) in [6, 6.07) is 1.78. The van der Waals surface area contributed by atoms with Crippen LogP contribution in [0.4, 0.5) is 0 Å². The van der Waals surface area contributed by atoms with Gasteiger partial charge in [-0.05, 0) is 50.9 Å². The van der Waals surface area contributed by atoms with Crippen LogP contribution in [0.5, 0.6) is 0 Å². The Kier molecular flexibility index (Phi) is 6.33. The molecule has 2 atom stereocenters. The first kappa shape index (κ1) is 17.0. The Morgan fingerprint density at radius 1 is 1.14 bits per heavy atom. The number of nitrogens with zero attached hydrogens (tertiary/aromatic N) is 1. The van der Waals surface area contributed by atoms with E-state index in [4.69, 9.17) is 4.74 Å². The highest BCUT2D eigenvalue weighted by atomic mass is 35.5. The van der Waals surface area contributed by atoms with Gasteiger partial charge in [-0.15, -0.1) is 12.4 Å². The molecule has 3 heterocycles. The molecule has 3 aliphatic rings. The zero-order valence-corrected chi connectivity index (χ0v) is 13.9. The highest BCUT2D eigenvalue weighted by Gasteiger charge is 2.36. The summed E-state index contributed by atoms with van der Waals surface area (Å²) >= 11 is 0. The molecule has 2 unspecified atom stereocenters. The summed E-state index contributed by atoms with van der Waals surface area (Å²) in [5, 5.41) is 3.65. The van der Waals surface area contributed by atoms with E-state index < -0.39 is 0 Å². The Hall–Kier alpha value is -0.320. The highest BCUT2D eigenvalue weighted by molar-refractivity contribution is 5.85. The maximum atomic E-state index is 12.4. The summed E-state index contributed by atoms with van der Waals surface area (Å²) in [6.07, 6.45) is 8.93. The van der Waals surface area contributed by atoms with Crippen LogP contribution in [0.25, 0.3) is 0 Å². The standard InChI is InChI=1S/C16H28N2O2.ClH/c1-18(15-10-13-3-4-14(11-15)17-13)16(19)5-2-12-6-8-20-9-7-12;/h12-15,17H,2-11H2,1H3;1H. The number of fused-ring (bicyclic) bond motifs is 2. The first-order chi connectivity index (χ1) is 9.72. The SMILES string of the molecule is CN(C(=O)CCC1CCOCC1)C1CC2CCC(C1)N2.Cl. The lowest BCUT2D eigenvalue weighted by atomic mass is 9.94. The number of hydrogen-bond donors (Lipinski definition) is 1. The van der Waals surface area contributed by atoms with Gasteiger partial charge in [0, 0.05) is 44.8 Å². The lowest BCUT2D eigenvalue weighted by Gasteiger charge is -2.36. The number of carbonyl (C=O) groups excluding carboxylic acids is 1. The molecule has 0 aromatic rings. The van der Waals surface area contributed by atoms with Crippen molar-refractivity contribution in [2.24, 2.45) is 5.92 Å². The molecule has 0 aromatic carbocycles. The van der Waals surface area contributed by atoms with Crippen molar-refractivity contribution in [3.8, 4) is 0 Å². The molecule has 122 valence electrons. The first-order valence-corrected chi connectivity index (χ1v) is 8.32. The number of halogens is 1. The predicted molar refractivity (Wildman–Crippen MR) is 85.8 cm³/mol. The van der Waals surface area contributed by atoms with E-state index >= 15 is 0 Å². The van der Waals surface area contributed by atoms with Gasteiger partial charge in [-0.3, -0.25) is 4.79 Å². The Balaban J connectivity index is 0.00000161. The normalized spacial score (nSPS) is 32.5. The summed E-state index contributed by atoms with van der Waals surface area (Å²) in [5.41, 5.74) is 0. The number of hydrogen-bond acceptors (Lipinski definition) is 3. The Bertz CT molecular complexity index is 335. The molecule has 3 aliphatic heterocycles. The van der Waals surface area contributed by atoms with Gasteiger partial charge in [0.25, 0.3) is 0 Å². The summed E-state index contributed by atoms with van der Waals surface area (Å²) < 4.78 is 5.38. The van der Waals surface area contributed by atoms with Crippen LogP contribution in [0, 0.1) is 5.92 Å². The molecule has 1 amide bonds. The van der Waals surface area contributed by atoms with E-state index in [1.807, 2.05) is 11.9 Å². The summed E-state index contributed by atoms with van der Waals surface area (Å²) in [4.78, 5) is 14.4. The van der Waals surface area contributed by atoms with Crippen LogP contribution in [0.1, 0.15) is 51.4 Å². The molecule has 2 bridgehead atoms. The van der Waals surface area contributed by atoms with Crippen LogP contribution < -0.4 is 5.32 Å². The zero-order valence-electron chi connectivity index (χ0n) is 13.1. The molecule has 21 heavy (non-hydrogen) atoms. The van der Waals surface area contributed by atoms with Gasteiger partial charge in [0.1, 0.15) is 0 Å². The molecule has 5 heteroatoms. The molecule has 0 aromatic heterocycles. The smallest absolute Gasteiger partial charge is 0.222 e. The monoisotopic (exact) mass is 316 g/mol. The molecule has 0 aliphatic carbocycles. The maximum Gasteiger partial charge on any atom is 0.222 e. The number of amides is 1. The van der Waals surface area contributed by atoms with Crippen LogP contribution >= 0.6 is 12.4 Å². The van der Waals surface area contributed by atoms with Gasteiger partial charge < -0.3 is 15.0 Å². The molecule has 3 saturated heterocycles. The van der Waals surface area contributed by atoms with Crippen molar-refractivity contribution in [3.63, 3.8) is 0 Å². The minimum Gasteiger partial charge on any atom is -0.381 e. The van der Waals surface area contributed by atoms with E-state index in [9.17, 15) is 4.79 Å². The molecule has 0 radical (unpaired) electrons. The number of piperidine rings is 1. The Morgan fingerprint density at radius 3 is 2.38 bits per heavy atom. The molecule has 1 N–H and O–H groups in total. The van der Waals surface area contributed by atoms with Crippen LogP contribution in [-0.2, 0) is 9.53 Å². The van der Waals surface area contributed by atoms with Gasteiger partial charge in [0.2, 0.25) is 5.91 Å². The second-order valence-corrected chi connectivity index (χ2v) is 6.86. The molecule has 0 spiro atoms. The van der Waals surface area contributed by atoms with E-state index in [2.05, 4.69) is 5.32 Å². The third-order valence-electron chi connectivity index (χ3n) is 5.50. The second-order valence-electron chi connectivity index (χ2n) is 6.86. The quantitative estimate of drug-likeness (QED) is 0.865. The van der Waals surface area contributed by atoms with Crippen LogP contribution in [0.15, 0.2) is 0 Å². The minimum absolute atomic E-state index is 0. The molecular formula is C16H29ClN2O2. The van der Waals surface area contributed by atoms with Crippen molar-refractivity contribution < 1.29 is 9.53 Å². The van der Waals surface area contributed by atoms with Crippen molar-refractivity contribution in [2.75, 3.05) is 20.3 Å². The van der Waals surface area contributed by atoms with Crippen molar-refractivity contribution in [3.05, 3.63) is 0 Å². The minimum atomic E-state index is 0. The summed E-state index contributed by atoms with van der Waals surface area (Å²) in [6.45, 7) is 1.76. The summed E-state index contributed by atoms with van der Waals surface area (Å²) in [5.74, 6) is 1.05. The van der Waals surface area contributed by atoms with Crippen molar-refractivity contribution in [1.29, 1.82) is 0 Å². The summed E-state index contributed by atoms with van der Waals surface area (Å²) in [7, 11) is 2.02. The molecule has 3 fully saturated rings.